The summed E-state index contributed by atoms with van der Waals surface area (Å²) in [6.45, 7) is 23.8. The predicted molar refractivity (Wildman–Crippen MR) is 202 cm³/mol. The van der Waals surface area contributed by atoms with Crippen molar-refractivity contribution in [2.24, 2.45) is 0 Å². The first-order valence-electron chi connectivity index (χ1n) is 17.8. The lowest BCUT2D eigenvalue weighted by molar-refractivity contribution is 0.00568. The molecule has 5 rings (SSSR count). The van der Waals surface area contributed by atoms with Crippen LogP contribution in [0.5, 0.6) is 0 Å². The molecular formula is C35H58N6O5SSi2. The zero-order valence-electron chi connectivity index (χ0n) is 31.3. The summed E-state index contributed by atoms with van der Waals surface area (Å²) in [4.78, 5) is 28.1. The van der Waals surface area contributed by atoms with Crippen LogP contribution in [0.3, 0.4) is 0 Å². The van der Waals surface area contributed by atoms with Crippen LogP contribution < -0.4 is 4.90 Å². The summed E-state index contributed by atoms with van der Waals surface area (Å²) in [6.07, 6.45) is 6.38. The number of nitrogens with zero attached hydrogens (tertiary/aromatic N) is 6. The molecule has 0 aliphatic carbocycles. The maximum atomic E-state index is 13.3. The maximum absolute atomic E-state index is 13.3. The summed E-state index contributed by atoms with van der Waals surface area (Å²) in [5.41, 5.74) is 2.07. The van der Waals surface area contributed by atoms with Crippen molar-refractivity contribution in [1.29, 1.82) is 0 Å². The Morgan fingerprint density at radius 1 is 1.02 bits per heavy atom. The Kier molecular flexibility index (Phi) is 11.7. The number of aliphatic hydroxyl groups is 1. The molecule has 2 fully saturated rings. The number of aliphatic hydroxyl groups excluding tert-OH is 1. The lowest BCUT2D eigenvalue weighted by atomic mass is 9.88. The Labute approximate surface area is 298 Å². The molecule has 2 aliphatic heterocycles. The standard InChI is InChI=1S/C35H58N6O5SSi2/c1-24(42)33-36-21-30(47-33)28-20-37-41-31(39(22-44-13-15-48(5,6)7)23-45-14-16-49(8,9)10)19-29(38-32(28)41)25-17-26-11-12-27(18-25)40(26)34(43)46-35(2,3)4/h19-21,24-27,42H,11-18,22-23H2,1-10H3/t24?,25?,26-,27+. The summed E-state index contributed by atoms with van der Waals surface area (Å²) in [6, 6.07) is 4.55. The fourth-order valence-electron chi connectivity index (χ4n) is 6.49. The lowest BCUT2D eigenvalue weighted by Crippen LogP contribution is -2.48. The number of fused-ring (bicyclic) bond motifs is 3. The van der Waals surface area contributed by atoms with Crippen molar-refractivity contribution >= 4 is 45.0 Å². The molecule has 4 atom stereocenters. The van der Waals surface area contributed by atoms with E-state index in [9.17, 15) is 9.90 Å². The highest BCUT2D eigenvalue weighted by atomic mass is 32.1. The second kappa shape index (κ2) is 15.1. The summed E-state index contributed by atoms with van der Waals surface area (Å²) < 4.78 is 20.4. The van der Waals surface area contributed by atoms with Gasteiger partial charge in [-0.05, 0) is 65.5 Å². The van der Waals surface area contributed by atoms with Crippen LogP contribution in [-0.4, -0.2) is 96.2 Å². The van der Waals surface area contributed by atoms with Gasteiger partial charge in [-0.3, -0.25) is 0 Å². The topological polar surface area (TPSA) is 115 Å². The van der Waals surface area contributed by atoms with E-state index in [1.807, 2.05) is 36.4 Å². The molecule has 0 spiro atoms. The number of aromatic nitrogens is 4. The van der Waals surface area contributed by atoms with Gasteiger partial charge in [0.15, 0.2) is 5.65 Å². The van der Waals surface area contributed by atoms with Gasteiger partial charge in [0.1, 0.15) is 36.0 Å². The van der Waals surface area contributed by atoms with Crippen molar-refractivity contribution in [3.63, 3.8) is 0 Å². The Morgan fingerprint density at radius 2 is 1.61 bits per heavy atom. The van der Waals surface area contributed by atoms with Gasteiger partial charge in [0.2, 0.25) is 0 Å². The van der Waals surface area contributed by atoms with Crippen LogP contribution in [0.25, 0.3) is 16.1 Å². The number of hydrogen-bond donors (Lipinski definition) is 1. The molecule has 0 aromatic carbocycles. The summed E-state index contributed by atoms with van der Waals surface area (Å²) >= 11 is 1.46. The van der Waals surface area contributed by atoms with Crippen molar-refractivity contribution in [3.05, 3.63) is 29.2 Å². The molecule has 2 aliphatic rings. The van der Waals surface area contributed by atoms with E-state index in [0.29, 0.717) is 31.7 Å². The van der Waals surface area contributed by atoms with E-state index >= 15 is 0 Å². The zero-order chi connectivity index (χ0) is 35.7. The van der Waals surface area contributed by atoms with Crippen LogP contribution in [0.1, 0.15) is 76.1 Å². The van der Waals surface area contributed by atoms with E-state index in [0.717, 1.165) is 65.4 Å². The number of anilines is 1. The third-order valence-corrected chi connectivity index (χ3v) is 13.8. The van der Waals surface area contributed by atoms with E-state index in [1.54, 1.807) is 13.1 Å². The normalized spacial score (nSPS) is 20.6. The molecule has 0 radical (unpaired) electrons. The molecule has 11 nitrogen and oxygen atoms in total. The van der Waals surface area contributed by atoms with E-state index < -0.39 is 27.9 Å². The first-order valence-corrected chi connectivity index (χ1v) is 26.1. The molecule has 3 aromatic heterocycles. The van der Waals surface area contributed by atoms with E-state index in [1.165, 1.54) is 11.3 Å². The highest BCUT2D eigenvalue weighted by molar-refractivity contribution is 7.15. The Hall–Kier alpha value is -2.37. The third kappa shape index (κ3) is 9.91. The van der Waals surface area contributed by atoms with Crippen molar-refractivity contribution in [2.45, 2.75) is 134 Å². The summed E-state index contributed by atoms with van der Waals surface area (Å²) in [5, 5.41) is 15.7. The molecule has 1 N–H and O–H groups in total. The summed E-state index contributed by atoms with van der Waals surface area (Å²) in [7, 11) is -2.54. The summed E-state index contributed by atoms with van der Waals surface area (Å²) in [5.74, 6) is 1.04. The number of thiazole rings is 1. The monoisotopic (exact) mass is 730 g/mol. The number of carbonyl (C=O) groups is 1. The number of hydrogen-bond acceptors (Lipinski definition) is 10. The van der Waals surface area contributed by atoms with Gasteiger partial charge in [-0.15, -0.1) is 11.3 Å². The van der Waals surface area contributed by atoms with Crippen LogP contribution >= 0.6 is 11.3 Å². The van der Waals surface area contributed by atoms with E-state index in [4.69, 9.17) is 24.3 Å². The van der Waals surface area contributed by atoms with Crippen LogP contribution in [0.2, 0.25) is 51.4 Å². The van der Waals surface area contributed by atoms with Crippen LogP contribution in [-0.2, 0) is 14.2 Å². The number of carbonyl (C=O) groups excluding carboxylic acids is 1. The number of piperidine rings is 1. The minimum atomic E-state index is -1.27. The Balaban J connectivity index is 1.51. The lowest BCUT2D eigenvalue weighted by Gasteiger charge is -2.39. The average molecular weight is 731 g/mol. The first kappa shape index (κ1) is 37.9. The van der Waals surface area contributed by atoms with Crippen LogP contribution in [0.15, 0.2) is 18.5 Å². The highest BCUT2D eigenvalue weighted by Crippen LogP contribution is 2.44. The average Bonchev–Trinajstić information content (AvgIpc) is 3.70. The minimum absolute atomic E-state index is 0.116. The van der Waals surface area contributed by atoms with Crippen molar-refractivity contribution in [2.75, 3.05) is 31.6 Å². The second-order valence-electron chi connectivity index (χ2n) is 17.2. The molecule has 272 valence electrons. The molecule has 1 amide bonds. The molecule has 0 saturated carbocycles. The quantitative estimate of drug-likeness (QED) is 0.100. The zero-order valence-corrected chi connectivity index (χ0v) is 34.1. The molecule has 3 aromatic rings. The smallest absolute Gasteiger partial charge is 0.410 e. The Bertz CT molecular complexity index is 1540. The third-order valence-electron chi connectivity index (χ3n) is 9.19. The van der Waals surface area contributed by atoms with Gasteiger partial charge in [0, 0.05) is 65.3 Å². The van der Waals surface area contributed by atoms with Gasteiger partial charge in [-0.1, -0.05) is 39.3 Å². The fourth-order valence-corrected chi connectivity index (χ4v) is 8.86. The van der Waals surface area contributed by atoms with Crippen LogP contribution in [0.4, 0.5) is 10.6 Å². The molecule has 2 saturated heterocycles. The predicted octanol–water partition coefficient (Wildman–Crippen LogP) is 7.98. The van der Waals surface area contributed by atoms with Gasteiger partial charge >= 0.3 is 6.09 Å². The van der Waals surface area contributed by atoms with Gasteiger partial charge in [-0.25, -0.2) is 14.8 Å². The van der Waals surface area contributed by atoms with E-state index in [-0.39, 0.29) is 24.1 Å². The van der Waals surface area contributed by atoms with Crippen LogP contribution in [0, 0.1) is 0 Å². The molecule has 2 unspecified atom stereocenters. The van der Waals surface area contributed by atoms with Gasteiger partial charge in [0.25, 0.3) is 0 Å². The minimum Gasteiger partial charge on any atom is -0.444 e. The number of ether oxygens (including phenoxy) is 3. The number of rotatable bonds is 14. The maximum Gasteiger partial charge on any atom is 0.410 e. The molecule has 49 heavy (non-hydrogen) atoms. The Morgan fingerprint density at radius 3 is 2.12 bits per heavy atom. The largest absolute Gasteiger partial charge is 0.444 e. The van der Waals surface area contributed by atoms with Gasteiger partial charge < -0.3 is 29.1 Å². The van der Waals surface area contributed by atoms with Crippen molar-refractivity contribution in [3.8, 4) is 10.4 Å². The van der Waals surface area contributed by atoms with Crippen molar-refractivity contribution < 1.29 is 24.1 Å². The molecule has 5 heterocycles. The van der Waals surface area contributed by atoms with E-state index in [2.05, 4.69) is 55.2 Å². The number of amides is 1. The SMILES string of the molecule is CC(O)c1ncc(-c2cnn3c(N(COCC[Si](C)(C)C)COCC[Si](C)(C)C)cc(C4C[C@H]5CC[C@@H](C4)N5C(=O)OC(C)(C)C)nc23)s1. The second-order valence-corrected chi connectivity index (χ2v) is 29.6. The fraction of sp³-hybridized carbons (Fsp3) is 0.714. The van der Waals surface area contributed by atoms with Gasteiger partial charge in [0.05, 0.1) is 16.6 Å². The molecule has 14 heteroatoms. The molecular weight excluding hydrogens is 673 g/mol. The highest BCUT2D eigenvalue weighted by Gasteiger charge is 2.45. The molecule has 2 bridgehead atoms. The first-order chi connectivity index (χ1) is 22.9. The van der Waals surface area contributed by atoms with Crippen molar-refractivity contribution in [1.82, 2.24) is 24.5 Å². The van der Waals surface area contributed by atoms with Gasteiger partial charge in [-0.2, -0.15) is 9.61 Å².